The molecule has 0 bridgehead atoms. The molecule has 0 aliphatic heterocycles. The van der Waals surface area contributed by atoms with Crippen LogP contribution in [-0.2, 0) is 14.0 Å². The van der Waals surface area contributed by atoms with E-state index in [2.05, 4.69) is 46.9 Å². The summed E-state index contributed by atoms with van der Waals surface area (Å²) >= 11 is 0. The molecule has 1 fully saturated rings. The largest absolute Gasteiger partial charge is 0.462 e. The highest BCUT2D eigenvalue weighted by atomic mass is 28.4. The highest BCUT2D eigenvalue weighted by molar-refractivity contribution is 6.74. The molecule has 0 saturated heterocycles. The van der Waals surface area contributed by atoms with E-state index in [0.29, 0.717) is 17.3 Å². The Morgan fingerprint density at radius 1 is 1.16 bits per heavy atom. The minimum absolute atomic E-state index is 0.0269. The van der Waals surface area contributed by atoms with Gasteiger partial charge in [-0.1, -0.05) is 33.8 Å². The Morgan fingerprint density at radius 2 is 1.81 bits per heavy atom. The Balaban J connectivity index is 1.88. The van der Waals surface area contributed by atoms with Gasteiger partial charge >= 0.3 is 5.97 Å². The molecular weight excluding hydrogens is 482 g/mol. The topological polar surface area (TPSA) is 73.7 Å². The fourth-order valence-electron chi connectivity index (χ4n) is 5.05. The van der Waals surface area contributed by atoms with E-state index in [0.717, 1.165) is 50.6 Å². The molecule has 0 aromatic carbocycles. The zero-order valence-corrected chi connectivity index (χ0v) is 25.6. The summed E-state index contributed by atoms with van der Waals surface area (Å²) in [6, 6.07) is -0.119. The minimum Gasteiger partial charge on any atom is -0.462 e. The van der Waals surface area contributed by atoms with Crippen LogP contribution in [0.15, 0.2) is 12.3 Å². The van der Waals surface area contributed by atoms with E-state index in [1.807, 2.05) is 13.8 Å². The molecule has 3 rings (SSSR count). The lowest BCUT2D eigenvalue weighted by atomic mass is 9.82. The fraction of sp³-hybridized carbons (Fsp3) is 0.759. The van der Waals surface area contributed by atoms with Crippen molar-refractivity contribution in [1.82, 2.24) is 9.78 Å². The molecule has 8 heteroatoms. The van der Waals surface area contributed by atoms with Gasteiger partial charge in [0.15, 0.2) is 14.1 Å². The highest BCUT2D eigenvalue weighted by Gasteiger charge is 2.40. The molecule has 1 unspecified atom stereocenters. The molecule has 1 atom stereocenters. The molecule has 1 heterocycles. The van der Waals surface area contributed by atoms with Crippen molar-refractivity contribution in [3.63, 3.8) is 0 Å². The summed E-state index contributed by atoms with van der Waals surface area (Å²) in [5.41, 5.74) is 1.39. The van der Waals surface area contributed by atoms with Crippen LogP contribution in [0.25, 0.3) is 5.70 Å². The first-order valence-corrected chi connectivity index (χ1v) is 17.1. The Hall–Kier alpha value is -1.93. The molecule has 0 spiro atoms. The van der Waals surface area contributed by atoms with Crippen molar-refractivity contribution in [1.29, 1.82) is 0 Å². The maximum Gasteiger partial charge on any atom is 0.343 e. The average molecular weight is 532 g/mol. The van der Waals surface area contributed by atoms with Gasteiger partial charge in [-0.2, -0.15) is 0 Å². The van der Waals surface area contributed by atoms with Crippen LogP contribution in [0.1, 0.15) is 104 Å². The summed E-state index contributed by atoms with van der Waals surface area (Å²) in [5.74, 6) is 0.681. The van der Waals surface area contributed by atoms with E-state index in [1.165, 1.54) is 0 Å². The van der Waals surface area contributed by atoms with Crippen molar-refractivity contribution < 1.29 is 18.8 Å². The van der Waals surface area contributed by atoms with E-state index in [-0.39, 0.29) is 35.6 Å². The maximum atomic E-state index is 13.7. The van der Waals surface area contributed by atoms with E-state index < -0.39 is 14.3 Å². The van der Waals surface area contributed by atoms with Gasteiger partial charge in [0.05, 0.1) is 6.61 Å². The fourth-order valence-corrected chi connectivity index (χ4v) is 6.46. The molecule has 208 valence electrons. The van der Waals surface area contributed by atoms with Gasteiger partial charge in [0.1, 0.15) is 5.56 Å². The zero-order chi connectivity index (χ0) is 27.5. The Bertz CT molecular complexity index is 984. The van der Waals surface area contributed by atoms with Crippen LogP contribution >= 0.6 is 0 Å². The quantitative estimate of drug-likeness (QED) is 0.266. The zero-order valence-electron chi connectivity index (χ0n) is 24.6. The number of aromatic nitrogens is 2. The summed E-state index contributed by atoms with van der Waals surface area (Å²) in [6.45, 7) is 19.7. The summed E-state index contributed by atoms with van der Waals surface area (Å²) in [7, 11) is -1.84. The number of hydrogen-bond donors (Lipinski definition) is 0. The molecule has 37 heavy (non-hydrogen) atoms. The van der Waals surface area contributed by atoms with Crippen LogP contribution < -0.4 is 4.90 Å². The molecular formula is C29H49N3O4Si. The third-order valence-electron chi connectivity index (χ3n) is 8.44. The number of allylic oxidation sites excluding steroid dienone is 1. The van der Waals surface area contributed by atoms with Crippen molar-refractivity contribution in [2.75, 3.05) is 11.5 Å². The summed E-state index contributed by atoms with van der Waals surface area (Å²) in [5, 5.41) is 5.02. The molecule has 2 aliphatic rings. The molecule has 7 nitrogen and oxygen atoms in total. The maximum absolute atomic E-state index is 13.7. The third kappa shape index (κ3) is 6.94. The van der Waals surface area contributed by atoms with E-state index in [4.69, 9.17) is 14.3 Å². The lowest BCUT2D eigenvalue weighted by Gasteiger charge is -2.40. The molecule has 0 radical (unpaired) electrons. The first-order chi connectivity index (χ1) is 17.2. The van der Waals surface area contributed by atoms with Crippen molar-refractivity contribution in [3.05, 3.63) is 17.8 Å². The second-order valence-electron chi connectivity index (χ2n) is 12.8. The van der Waals surface area contributed by atoms with E-state index >= 15 is 0 Å². The number of ether oxygens (including phenoxy) is 1. The van der Waals surface area contributed by atoms with E-state index in [1.54, 1.807) is 22.7 Å². The van der Waals surface area contributed by atoms with Gasteiger partial charge in [-0.3, -0.25) is 9.69 Å². The smallest absolute Gasteiger partial charge is 0.343 e. The number of amides is 1. The molecule has 1 aromatic rings. The second-order valence-corrected chi connectivity index (χ2v) is 17.5. The predicted octanol–water partition coefficient (Wildman–Crippen LogP) is 7.04. The number of carbonyl (C=O) groups excluding carboxylic acids is 2. The monoisotopic (exact) mass is 531 g/mol. The van der Waals surface area contributed by atoms with Gasteiger partial charge in [-0.05, 0) is 89.8 Å². The number of anilines is 1. The number of hydrogen-bond acceptors (Lipinski definition) is 5. The summed E-state index contributed by atoms with van der Waals surface area (Å²) in [6.07, 6.45) is 10.6. The van der Waals surface area contributed by atoms with E-state index in [9.17, 15) is 9.59 Å². The first-order valence-electron chi connectivity index (χ1n) is 14.2. The minimum atomic E-state index is -1.84. The van der Waals surface area contributed by atoms with Crippen LogP contribution in [0, 0.1) is 11.8 Å². The van der Waals surface area contributed by atoms with Crippen LogP contribution in [0.5, 0.6) is 0 Å². The molecule has 0 N–H and O–H groups in total. The molecule has 2 aliphatic carbocycles. The van der Waals surface area contributed by atoms with Gasteiger partial charge < -0.3 is 9.16 Å². The Kier molecular flexibility index (Phi) is 9.49. The normalized spacial score (nSPS) is 23.1. The Labute approximate surface area is 225 Å². The van der Waals surface area contributed by atoms with Crippen molar-refractivity contribution in [2.24, 2.45) is 11.8 Å². The van der Waals surface area contributed by atoms with Gasteiger partial charge in [0, 0.05) is 30.0 Å². The Morgan fingerprint density at radius 3 is 2.32 bits per heavy atom. The van der Waals surface area contributed by atoms with Crippen molar-refractivity contribution in [2.45, 2.75) is 124 Å². The van der Waals surface area contributed by atoms with Gasteiger partial charge in [-0.15, -0.1) is 5.10 Å². The summed E-state index contributed by atoms with van der Waals surface area (Å²) < 4.78 is 13.8. The molecule has 1 aromatic heterocycles. The van der Waals surface area contributed by atoms with Crippen LogP contribution in [-0.4, -0.2) is 48.7 Å². The lowest BCUT2D eigenvalue weighted by molar-refractivity contribution is -0.124. The molecule has 1 saturated carbocycles. The summed E-state index contributed by atoms with van der Waals surface area (Å²) in [4.78, 5) is 28.4. The van der Waals surface area contributed by atoms with Crippen molar-refractivity contribution >= 4 is 31.7 Å². The van der Waals surface area contributed by atoms with Gasteiger partial charge in [0.25, 0.3) is 0 Å². The van der Waals surface area contributed by atoms with Crippen LogP contribution in [0.4, 0.5) is 5.82 Å². The van der Waals surface area contributed by atoms with Gasteiger partial charge in [-0.25, -0.2) is 9.48 Å². The number of rotatable bonds is 8. The number of carbonyl (C=O) groups is 2. The average Bonchev–Trinajstić information content (AvgIpc) is 3.24. The van der Waals surface area contributed by atoms with Crippen LogP contribution in [0.3, 0.4) is 0 Å². The second kappa shape index (κ2) is 11.8. The SMILES string of the molecule is CCOC(=O)c1cn(C2=CCC(O[Si](C)(C)C(C)(C)C)CC2)nc1N(C(=O)C1CCC(C)CC1)C(C)C. The lowest BCUT2D eigenvalue weighted by Crippen LogP contribution is -2.44. The van der Waals surface area contributed by atoms with Crippen molar-refractivity contribution in [3.8, 4) is 0 Å². The predicted molar refractivity (Wildman–Crippen MR) is 152 cm³/mol. The number of esters is 1. The van der Waals surface area contributed by atoms with Gasteiger partial charge in [0.2, 0.25) is 5.91 Å². The first kappa shape index (κ1) is 29.6. The highest BCUT2D eigenvalue weighted by Crippen LogP contribution is 2.39. The third-order valence-corrected chi connectivity index (χ3v) is 13.0. The molecule has 1 amide bonds. The van der Waals surface area contributed by atoms with Crippen LogP contribution in [0.2, 0.25) is 18.1 Å². The number of nitrogens with zero attached hydrogens (tertiary/aromatic N) is 3. The standard InChI is InChI=1S/C29H49N3O4Si/c1-10-35-28(34)25-19-31(23-15-17-24(18-16-23)36-37(8,9)29(5,6)7)30-26(25)32(20(2)3)27(33)22-13-11-21(4)12-14-22/h15,19-22,24H,10-14,16-18H2,1-9H3.